The molecule has 0 bridgehead atoms. The highest BCUT2D eigenvalue weighted by Gasteiger charge is 2.08. The maximum Gasteiger partial charge on any atom is 0.338 e. The van der Waals surface area contributed by atoms with Crippen LogP contribution < -0.4 is 0 Å². The van der Waals surface area contributed by atoms with Gasteiger partial charge in [0.25, 0.3) is 0 Å². The second kappa shape index (κ2) is 5.75. The van der Waals surface area contributed by atoms with Crippen LogP contribution in [0.2, 0.25) is 0 Å². The van der Waals surface area contributed by atoms with Crippen molar-refractivity contribution < 1.29 is 9.53 Å². The topological polar surface area (TPSA) is 39.2 Å². The summed E-state index contributed by atoms with van der Waals surface area (Å²) in [4.78, 5) is 16.0. The number of carbonyl (C=O) groups excluding carboxylic acids is 1. The minimum Gasteiger partial charge on any atom is -0.462 e. The van der Waals surface area contributed by atoms with Crippen molar-refractivity contribution in [3.63, 3.8) is 0 Å². The summed E-state index contributed by atoms with van der Waals surface area (Å²) >= 11 is 0. The first-order valence-corrected chi connectivity index (χ1v) is 6.91. The standard InChI is InChI=1S/C18H15NO2/c1-2-21-18(20)14-9-7-13(8-10-14)15-11-12-19-17-6-4-3-5-16(15)17/h3-12H,2H2,1H3. The molecule has 3 rings (SSSR count). The molecule has 3 heteroatoms. The van der Waals surface area contributed by atoms with Crippen LogP contribution in [0.1, 0.15) is 17.3 Å². The largest absolute Gasteiger partial charge is 0.462 e. The van der Waals surface area contributed by atoms with E-state index in [1.54, 1.807) is 25.3 Å². The van der Waals surface area contributed by atoms with Crippen LogP contribution in [-0.2, 0) is 4.74 Å². The Morgan fingerprint density at radius 1 is 1.05 bits per heavy atom. The molecule has 0 aliphatic heterocycles. The van der Waals surface area contributed by atoms with Crippen molar-refractivity contribution >= 4 is 16.9 Å². The monoisotopic (exact) mass is 277 g/mol. The average molecular weight is 277 g/mol. The fourth-order valence-electron chi connectivity index (χ4n) is 2.35. The Balaban J connectivity index is 2.02. The molecule has 1 heterocycles. The molecule has 0 N–H and O–H groups in total. The third-order valence-electron chi connectivity index (χ3n) is 3.36. The van der Waals surface area contributed by atoms with Gasteiger partial charge in [-0.05, 0) is 42.3 Å². The predicted octanol–water partition coefficient (Wildman–Crippen LogP) is 4.08. The van der Waals surface area contributed by atoms with E-state index >= 15 is 0 Å². The Morgan fingerprint density at radius 3 is 2.57 bits per heavy atom. The van der Waals surface area contributed by atoms with E-state index in [9.17, 15) is 4.79 Å². The van der Waals surface area contributed by atoms with Crippen molar-refractivity contribution in [1.29, 1.82) is 0 Å². The van der Waals surface area contributed by atoms with E-state index < -0.39 is 0 Å². The summed E-state index contributed by atoms with van der Waals surface area (Å²) in [6.07, 6.45) is 1.80. The average Bonchev–Trinajstić information content (AvgIpc) is 2.55. The molecule has 0 spiro atoms. The van der Waals surface area contributed by atoms with Gasteiger partial charge in [-0.15, -0.1) is 0 Å². The van der Waals surface area contributed by atoms with Crippen molar-refractivity contribution in [2.45, 2.75) is 6.92 Å². The number of benzene rings is 2. The summed E-state index contributed by atoms with van der Waals surface area (Å²) in [7, 11) is 0. The molecule has 3 aromatic rings. The van der Waals surface area contributed by atoms with Crippen molar-refractivity contribution in [2.24, 2.45) is 0 Å². The summed E-state index contributed by atoms with van der Waals surface area (Å²) < 4.78 is 4.99. The van der Waals surface area contributed by atoms with Crippen LogP contribution in [0.3, 0.4) is 0 Å². The Kier molecular flexibility index (Phi) is 3.65. The number of nitrogens with zero attached hydrogens (tertiary/aromatic N) is 1. The molecule has 0 amide bonds. The summed E-state index contributed by atoms with van der Waals surface area (Å²) in [6, 6.07) is 17.5. The first-order chi connectivity index (χ1) is 10.3. The highest BCUT2D eigenvalue weighted by molar-refractivity contribution is 5.95. The van der Waals surface area contributed by atoms with Gasteiger partial charge in [0.2, 0.25) is 0 Å². The van der Waals surface area contributed by atoms with Crippen LogP contribution in [0.25, 0.3) is 22.0 Å². The zero-order valence-electron chi connectivity index (χ0n) is 11.7. The molecule has 21 heavy (non-hydrogen) atoms. The number of hydrogen-bond acceptors (Lipinski definition) is 3. The number of pyridine rings is 1. The van der Waals surface area contributed by atoms with Gasteiger partial charge in [-0.3, -0.25) is 4.98 Å². The molecule has 0 atom stereocenters. The maximum atomic E-state index is 11.7. The first-order valence-electron chi connectivity index (χ1n) is 6.91. The van der Waals surface area contributed by atoms with Crippen LogP contribution in [0, 0.1) is 0 Å². The number of carbonyl (C=O) groups is 1. The van der Waals surface area contributed by atoms with Crippen molar-refractivity contribution in [1.82, 2.24) is 4.98 Å². The molecule has 0 saturated carbocycles. The molecule has 0 radical (unpaired) electrons. The number of para-hydroxylation sites is 1. The molecule has 2 aromatic carbocycles. The Hall–Kier alpha value is -2.68. The second-order valence-corrected chi connectivity index (χ2v) is 4.67. The number of rotatable bonds is 3. The van der Waals surface area contributed by atoms with Crippen LogP contribution in [-0.4, -0.2) is 17.6 Å². The minimum absolute atomic E-state index is 0.288. The second-order valence-electron chi connectivity index (χ2n) is 4.67. The van der Waals surface area contributed by atoms with Gasteiger partial charge in [-0.2, -0.15) is 0 Å². The molecular formula is C18H15NO2. The molecule has 0 unspecified atom stereocenters. The zero-order chi connectivity index (χ0) is 14.7. The molecule has 104 valence electrons. The maximum absolute atomic E-state index is 11.7. The fourth-order valence-corrected chi connectivity index (χ4v) is 2.35. The molecule has 0 aliphatic carbocycles. The van der Waals surface area contributed by atoms with E-state index in [0.717, 1.165) is 22.0 Å². The molecule has 3 nitrogen and oxygen atoms in total. The zero-order valence-corrected chi connectivity index (χ0v) is 11.7. The van der Waals surface area contributed by atoms with Gasteiger partial charge in [0, 0.05) is 11.6 Å². The number of hydrogen-bond donors (Lipinski definition) is 0. The lowest BCUT2D eigenvalue weighted by atomic mass is 10.0. The summed E-state index contributed by atoms with van der Waals surface area (Å²) in [5.74, 6) is -0.288. The Bertz CT molecular complexity index is 773. The van der Waals surface area contributed by atoms with E-state index in [2.05, 4.69) is 11.1 Å². The van der Waals surface area contributed by atoms with E-state index in [-0.39, 0.29) is 5.97 Å². The lowest BCUT2D eigenvalue weighted by Crippen LogP contribution is -2.04. The summed E-state index contributed by atoms with van der Waals surface area (Å²) in [5.41, 5.74) is 3.70. The highest BCUT2D eigenvalue weighted by Crippen LogP contribution is 2.27. The van der Waals surface area contributed by atoms with Crippen LogP contribution >= 0.6 is 0 Å². The van der Waals surface area contributed by atoms with Crippen molar-refractivity contribution in [2.75, 3.05) is 6.61 Å². The van der Waals surface area contributed by atoms with Gasteiger partial charge in [-0.25, -0.2) is 4.79 Å². The lowest BCUT2D eigenvalue weighted by molar-refractivity contribution is 0.0526. The van der Waals surface area contributed by atoms with Gasteiger partial charge >= 0.3 is 5.97 Å². The van der Waals surface area contributed by atoms with Gasteiger partial charge in [-0.1, -0.05) is 30.3 Å². The Morgan fingerprint density at radius 2 is 1.81 bits per heavy atom. The molecule has 1 aromatic heterocycles. The van der Waals surface area contributed by atoms with E-state index in [4.69, 9.17) is 4.74 Å². The van der Waals surface area contributed by atoms with Crippen LogP contribution in [0.4, 0.5) is 0 Å². The SMILES string of the molecule is CCOC(=O)c1ccc(-c2ccnc3ccccc23)cc1. The first kappa shape index (κ1) is 13.3. The molecule has 0 saturated heterocycles. The van der Waals surface area contributed by atoms with Crippen molar-refractivity contribution in [3.8, 4) is 11.1 Å². The highest BCUT2D eigenvalue weighted by atomic mass is 16.5. The molecule has 0 fully saturated rings. The van der Waals surface area contributed by atoms with Crippen molar-refractivity contribution in [3.05, 3.63) is 66.4 Å². The number of ether oxygens (including phenoxy) is 1. The fraction of sp³-hybridized carbons (Fsp3) is 0.111. The molecular weight excluding hydrogens is 262 g/mol. The van der Waals surface area contributed by atoms with Crippen LogP contribution in [0.15, 0.2) is 60.8 Å². The number of esters is 1. The van der Waals surface area contributed by atoms with Gasteiger partial charge in [0.1, 0.15) is 0 Å². The van der Waals surface area contributed by atoms with Crippen LogP contribution in [0.5, 0.6) is 0 Å². The molecule has 0 aliphatic rings. The minimum atomic E-state index is -0.288. The quantitative estimate of drug-likeness (QED) is 0.677. The lowest BCUT2D eigenvalue weighted by Gasteiger charge is -2.07. The number of aromatic nitrogens is 1. The third kappa shape index (κ3) is 2.63. The predicted molar refractivity (Wildman–Crippen MR) is 83.1 cm³/mol. The number of fused-ring (bicyclic) bond motifs is 1. The third-order valence-corrected chi connectivity index (χ3v) is 3.36. The summed E-state index contributed by atoms with van der Waals surface area (Å²) in [6.45, 7) is 2.19. The van der Waals surface area contributed by atoms with E-state index in [1.165, 1.54) is 0 Å². The van der Waals surface area contributed by atoms with Gasteiger partial charge in [0.05, 0.1) is 17.7 Å². The van der Waals surface area contributed by atoms with Gasteiger partial charge < -0.3 is 4.74 Å². The Labute approximate surface area is 123 Å². The van der Waals surface area contributed by atoms with Gasteiger partial charge in [0.15, 0.2) is 0 Å². The smallest absolute Gasteiger partial charge is 0.338 e. The normalized spacial score (nSPS) is 10.5. The van der Waals surface area contributed by atoms with E-state index in [1.807, 2.05) is 36.4 Å². The van der Waals surface area contributed by atoms with E-state index in [0.29, 0.717) is 12.2 Å². The summed E-state index contributed by atoms with van der Waals surface area (Å²) in [5, 5.41) is 1.10.